The highest BCUT2D eigenvalue weighted by Gasteiger charge is 2.36. The van der Waals surface area contributed by atoms with E-state index >= 15 is 0 Å². The summed E-state index contributed by atoms with van der Waals surface area (Å²) in [6.07, 6.45) is 1.31. The number of piperidine rings is 1. The van der Waals surface area contributed by atoms with E-state index < -0.39 is 5.41 Å². The minimum atomic E-state index is -0.605. The first-order chi connectivity index (χ1) is 10.4. The highest BCUT2D eigenvalue weighted by atomic mass is 16.5. The predicted molar refractivity (Wildman–Crippen MR) is 84.5 cm³/mol. The van der Waals surface area contributed by atoms with Crippen LogP contribution in [0.2, 0.25) is 0 Å². The minimum Gasteiger partial charge on any atom is -0.497 e. The van der Waals surface area contributed by atoms with E-state index in [0.717, 1.165) is 11.3 Å². The van der Waals surface area contributed by atoms with Crippen LogP contribution in [0.25, 0.3) is 0 Å². The van der Waals surface area contributed by atoms with E-state index in [1.54, 1.807) is 7.11 Å². The fourth-order valence-electron chi connectivity index (χ4n) is 2.89. The van der Waals surface area contributed by atoms with Crippen molar-refractivity contribution < 1.29 is 14.3 Å². The molecule has 1 fully saturated rings. The molecule has 1 aromatic carbocycles. The fraction of sp³-hybridized carbons (Fsp3) is 0.529. The van der Waals surface area contributed by atoms with Gasteiger partial charge in [-0.25, -0.2) is 0 Å². The molecule has 0 unspecified atom stereocenters. The van der Waals surface area contributed by atoms with E-state index in [9.17, 15) is 9.59 Å². The third-order valence-electron chi connectivity index (χ3n) is 4.53. The molecular formula is C17H24N2O3. The van der Waals surface area contributed by atoms with Crippen LogP contribution in [0.3, 0.4) is 0 Å². The maximum atomic E-state index is 12.8. The van der Waals surface area contributed by atoms with Crippen molar-refractivity contribution in [1.82, 2.24) is 4.90 Å². The molecule has 5 nitrogen and oxygen atoms in total. The average Bonchev–Trinajstić information content (AvgIpc) is 2.54. The zero-order chi connectivity index (χ0) is 16.3. The summed E-state index contributed by atoms with van der Waals surface area (Å²) in [4.78, 5) is 25.9. The number of carbonyl (C=O) groups excluding carboxylic acids is 2. The van der Waals surface area contributed by atoms with E-state index in [2.05, 4.69) is 0 Å². The fourth-order valence-corrected chi connectivity index (χ4v) is 2.89. The number of rotatable bonds is 4. The van der Waals surface area contributed by atoms with Gasteiger partial charge in [0.05, 0.1) is 12.5 Å². The molecule has 2 amide bonds. The number of hydrogen-bond donors (Lipinski definition) is 1. The summed E-state index contributed by atoms with van der Waals surface area (Å²) in [5.41, 5.74) is 5.69. The third-order valence-corrected chi connectivity index (χ3v) is 4.53. The van der Waals surface area contributed by atoms with Gasteiger partial charge >= 0.3 is 0 Å². The molecule has 0 radical (unpaired) electrons. The molecule has 0 atom stereocenters. The Morgan fingerprint density at radius 3 is 2.18 bits per heavy atom. The van der Waals surface area contributed by atoms with Crippen LogP contribution in [0, 0.1) is 5.92 Å². The van der Waals surface area contributed by atoms with Crippen LogP contribution in [0.15, 0.2) is 24.3 Å². The maximum absolute atomic E-state index is 12.8. The molecule has 1 heterocycles. The second-order valence-electron chi connectivity index (χ2n) is 6.32. The molecule has 1 aliphatic rings. The van der Waals surface area contributed by atoms with Gasteiger partial charge in [-0.2, -0.15) is 0 Å². The van der Waals surface area contributed by atoms with Gasteiger partial charge in [-0.1, -0.05) is 12.1 Å². The van der Waals surface area contributed by atoms with Gasteiger partial charge in [0.15, 0.2) is 0 Å². The molecule has 1 aliphatic heterocycles. The van der Waals surface area contributed by atoms with E-state index in [-0.39, 0.29) is 17.7 Å². The summed E-state index contributed by atoms with van der Waals surface area (Å²) >= 11 is 0. The Hall–Kier alpha value is -2.04. The highest BCUT2D eigenvalue weighted by molar-refractivity contribution is 5.87. The lowest BCUT2D eigenvalue weighted by Crippen LogP contribution is -2.48. The van der Waals surface area contributed by atoms with Gasteiger partial charge in [0.1, 0.15) is 5.75 Å². The topological polar surface area (TPSA) is 72.6 Å². The van der Waals surface area contributed by atoms with Crippen molar-refractivity contribution >= 4 is 11.8 Å². The lowest BCUT2D eigenvalue weighted by atomic mass is 9.82. The molecule has 0 aliphatic carbocycles. The van der Waals surface area contributed by atoms with Crippen LogP contribution in [-0.2, 0) is 15.0 Å². The molecule has 1 aromatic rings. The van der Waals surface area contributed by atoms with E-state index in [4.69, 9.17) is 10.5 Å². The van der Waals surface area contributed by atoms with Crippen molar-refractivity contribution in [3.63, 3.8) is 0 Å². The monoisotopic (exact) mass is 304 g/mol. The molecule has 22 heavy (non-hydrogen) atoms. The Morgan fingerprint density at radius 2 is 1.73 bits per heavy atom. The number of likely N-dealkylation sites (tertiary alicyclic amines) is 1. The first-order valence-electron chi connectivity index (χ1n) is 7.59. The number of ether oxygens (including phenoxy) is 1. The van der Waals surface area contributed by atoms with Gasteiger partial charge < -0.3 is 15.4 Å². The Bertz CT molecular complexity index is 544. The Kier molecular flexibility index (Phi) is 4.74. The van der Waals surface area contributed by atoms with Crippen LogP contribution in [0.4, 0.5) is 0 Å². The van der Waals surface area contributed by atoms with Crippen LogP contribution in [0.5, 0.6) is 5.75 Å². The summed E-state index contributed by atoms with van der Waals surface area (Å²) in [7, 11) is 1.62. The number of hydrogen-bond acceptors (Lipinski definition) is 3. The zero-order valence-corrected chi connectivity index (χ0v) is 13.5. The normalized spacial score (nSPS) is 16.4. The predicted octanol–water partition coefficient (Wildman–Crippen LogP) is 1.70. The maximum Gasteiger partial charge on any atom is 0.232 e. The molecule has 0 aromatic heterocycles. The largest absolute Gasteiger partial charge is 0.497 e. The van der Waals surface area contributed by atoms with Crippen LogP contribution in [0.1, 0.15) is 32.3 Å². The molecule has 2 N–H and O–H groups in total. The molecule has 0 bridgehead atoms. The summed E-state index contributed by atoms with van der Waals surface area (Å²) < 4.78 is 5.15. The quantitative estimate of drug-likeness (QED) is 0.920. The van der Waals surface area contributed by atoms with Crippen molar-refractivity contribution in [3.8, 4) is 5.75 Å². The van der Waals surface area contributed by atoms with Gasteiger partial charge in [0, 0.05) is 19.0 Å². The third kappa shape index (κ3) is 3.24. The summed E-state index contributed by atoms with van der Waals surface area (Å²) in [5, 5.41) is 0. The molecule has 5 heteroatoms. The second-order valence-corrected chi connectivity index (χ2v) is 6.32. The molecule has 120 valence electrons. The first kappa shape index (κ1) is 16.3. The number of carbonyl (C=O) groups is 2. The Morgan fingerprint density at radius 1 is 1.18 bits per heavy atom. The smallest absolute Gasteiger partial charge is 0.232 e. The average molecular weight is 304 g/mol. The van der Waals surface area contributed by atoms with Crippen molar-refractivity contribution in [2.75, 3.05) is 20.2 Å². The number of benzene rings is 1. The van der Waals surface area contributed by atoms with Gasteiger partial charge in [-0.15, -0.1) is 0 Å². The van der Waals surface area contributed by atoms with Crippen molar-refractivity contribution in [1.29, 1.82) is 0 Å². The summed E-state index contributed by atoms with van der Waals surface area (Å²) in [6, 6.07) is 7.58. The van der Waals surface area contributed by atoms with E-state index in [0.29, 0.717) is 25.9 Å². The van der Waals surface area contributed by atoms with Crippen LogP contribution in [-0.4, -0.2) is 36.9 Å². The van der Waals surface area contributed by atoms with Gasteiger partial charge in [-0.3, -0.25) is 9.59 Å². The van der Waals surface area contributed by atoms with Gasteiger partial charge in [-0.05, 0) is 44.4 Å². The van der Waals surface area contributed by atoms with Crippen LogP contribution < -0.4 is 10.5 Å². The highest BCUT2D eigenvalue weighted by Crippen LogP contribution is 2.29. The van der Waals surface area contributed by atoms with Crippen molar-refractivity contribution in [2.45, 2.75) is 32.1 Å². The summed E-state index contributed by atoms with van der Waals surface area (Å²) in [6.45, 7) is 5.03. The molecule has 2 rings (SSSR count). The van der Waals surface area contributed by atoms with E-state index in [1.165, 1.54) is 0 Å². The second kappa shape index (κ2) is 6.38. The first-order valence-corrected chi connectivity index (χ1v) is 7.59. The van der Waals surface area contributed by atoms with Gasteiger partial charge in [0.2, 0.25) is 11.8 Å². The number of amides is 2. The number of nitrogens with two attached hydrogens (primary N) is 1. The lowest BCUT2D eigenvalue weighted by molar-refractivity contribution is -0.139. The number of nitrogens with zero attached hydrogens (tertiary/aromatic N) is 1. The SMILES string of the molecule is COc1ccc(C(C)(C)C(=O)N2CCC(C(N)=O)CC2)cc1. The molecule has 0 spiro atoms. The van der Waals surface area contributed by atoms with Gasteiger partial charge in [0.25, 0.3) is 0 Å². The molecular weight excluding hydrogens is 280 g/mol. The lowest BCUT2D eigenvalue weighted by Gasteiger charge is -2.36. The molecule has 1 saturated heterocycles. The Labute approximate surface area is 131 Å². The number of methoxy groups -OCH3 is 1. The van der Waals surface area contributed by atoms with Crippen LogP contribution >= 0.6 is 0 Å². The minimum absolute atomic E-state index is 0.0839. The van der Waals surface area contributed by atoms with E-state index in [1.807, 2.05) is 43.0 Å². The van der Waals surface area contributed by atoms with Crippen molar-refractivity contribution in [2.24, 2.45) is 11.7 Å². The number of primary amides is 1. The Balaban J connectivity index is 2.08. The zero-order valence-electron chi connectivity index (χ0n) is 13.5. The molecule has 0 saturated carbocycles. The standard InChI is InChI=1S/C17H24N2O3/c1-17(2,13-4-6-14(22-3)7-5-13)16(21)19-10-8-12(9-11-19)15(18)20/h4-7,12H,8-11H2,1-3H3,(H2,18,20). The van der Waals surface area contributed by atoms with Crippen molar-refractivity contribution in [3.05, 3.63) is 29.8 Å². The summed E-state index contributed by atoms with van der Waals surface area (Å²) in [5.74, 6) is 0.490.